The Morgan fingerprint density at radius 3 is 2.83 bits per heavy atom. The molecular formula is C9H13NO2. The summed E-state index contributed by atoms with van der Waals surface area (Å²) in [7, 11) is 0. The minimum absolute atomic E-state index is 0.00981. The van der Waals surface area contributed by atoms with E-state index in [4.69, 9.17) is 4.74 Å². The van der Waals surface area contributed by atoms with Gasteiger partial charge in [-0.2, -0.15) is 0 Å². The molecule has 0 aliphatic carbocycles. The van der Waals surface area contributed by atoms with E-state index in [9.17, 15) is 4.79 Å². The molecular weight excluding hydrogens is 154 g/mol. The molecule has 0 N–H and O–H groups in total. The fourth-order valence-electron chi connectivity index (χ4n) is 1.73. The van der Waals surface area contributed by atoms with Crippen molar-refractivity contribution in [2.45, 2.75) is 18.9 Å². The van der Waals surface area contributed by atoms with E-state index < -0.39 is 0 Å². The minimum atomic E-state index is -0.195. The Morgan fingerprint density at radius 1 is 1.50 bits per heavy atom. The number of esters is 1. The predicted molar refractivity (Wildman–Crippen MR) is 44.7 cm³/mol. The van der Waals surface area contributed by atoms with Gasteiger partial charge in [-0.1, -0.05) is 0 Å². The Hall–Kier alpha value is -0.830. The fraction of sp³-hybridized carbons (Fsp3) is 0.667. The third kappa shape index (κ3) is 1.67. The molecule has 0 radical (unpaired) electrons. The van der Waals surface area contributed by atoms with Crippen LogP contribution in [-0.4, -0.2) is 36.6 Å². The first-order chi connectivity index (χ1) is 5.84. The number of hydrogen-bond donors (Lipinski definition) is 0. The van der Waals surface area contributed by atoms with Crippen LogP contribution in [0.1, 0.15) is 12.8 Å². The fourth-order valence-corrected chi connectivity index (χ4v) is 1.73. The minimum Gasteiger partial charge on any atom is -0.454 e. The molecule has 1 saturated heterocycles. The lowest BCUT2D eigenvalue weighted by Gasteiger charge is -2.17. The van der Waals surface area contributed by atoms with Crippen LogP contribution in [0.4, 0.5) is 0 Å². The zero-order valence-corrected chi connectivity index (χ0v) is 7.03. The molecule has 2 aliphatic rings. The number of cyclic esters (lactones) is 1. The van der Waals surface area contributed by atoms with Crippen LogP contribution in [-0.2, 0) is 9.53 Å². The molecule has 66 valence electrons. The summed E-state index contributed by atoms with van der Waals surface area (Å²) in [4.78, 5) is 13.0. The van der Waals surface area contributed by atoms with Crippen LogP contribution in [0.15, 0.2) is 12.2 Å². The van der Waals surface area contributed by atoms with Crippen LogP contribution in [0.2, 0.25) is 0 Å². The lowest BCUT2D eigenvalue weighted by atomic mass is 10.3. The van der Waals surface area contributed by atoms with Gasteiger partial charge in [-0.15, -0.1) is 0 Å². The second kappa shape index (κ2) is 3.27. The highest BCUT2D eigenvalue weighted by atomic mass is 16.5. The van der Waals surface area contributed by atoms with E-state index in [2.05, 4.69) is 4.90 Å². The van der Waals surface area contributed by atoms with Crippen LogP contribution in [0.25, 0.3) is 0 Å². The Morgan fingerprint density at radius 2 is 2.25 bits per heavy atom. The molecule has 1 unspecified atom stereocenters. The number of carbonyl (C=O) groups excluding carboxylic acids is 1. The van der Waals surface area contributed by atoms with Gasteiger partial charge >= 0.3 is 5.97 Å². The van der Waals surface area contributed by atoms with Crippen molar-refractivity contribution in [2.75, 3.05) is 19.6 Å². The summed E-state index contributed by atoms with van der Waals surface area (Å²) in [5.41, 5.74) is 0. The summed E-state index contributed by atoms with van der Waals surface area (Å²) in [6.45, 7) is 3.19. The van der Waals surface area contributed by atoms with E-state index in [1.54, 1.807) is 0 Å². The van der Waals surface area contributed by atoms with Crippen LogP contribution in [0.3, 0.4) is 0 Å². The highest BCUT2D eigenvalue weighted by Crippen LogP contribution is 2.12. The van der Waals surface area contributed by atoms with Gasteiger partial charge < -0.3 is 4.74 Å². The molecule has 0 bridgehead atoms. The standard InChI is InChI=1S/C9H13NO2/c11-9-4-3-8(12-9)7-10-5-1-2-6-10/h3-4,8H,1-2,5-7H2. The van der Waals surface area contributed by atoms with Crippen LogP contribution in [0, 0.1) is 0 Å². The molecule has 1 fully saturated rings. The first-order valence-electron chi connectivity index (χ1n) is 4.46. The zero-order valence-electron chi connectivity index (χ0n) is 7.03. The number of likely N-dealkylation sites (tertiary alicyclic amines) is 1. The first kappa shape index (κ1) is 7.80. The highest BCUT2D eigenvalue weighted by Gasteiger charge is 2.21. The normalized spacial score (nSPS) is 29.7. The molecule has 0 amide bonds. The molecule has 0 aromatic rings. The van der Waals surface area contributed by atoms with Crippen molar-refractivity contribution in [3.63, 3.8) is 0 Å². The summed E-state index contributed by atoms with van der Waals surface area (Å²) in [6, 6.07) is 0. The van der Waals surface area contributed by atoms with Crippen LogP contribution < -0.4 is 0 Å². The molecule has 3 heteroatoms. The van der Waals surface area contributed by atoms with Crippen molar-refractivity contribution >= 4 is 5.97 Å². The van der Waals surface area contributed by atoms with Gasteiger partial charge in [0.25, 0.3) is 0 Å². The lowest BCUT2D eigenvalue weighted by Crippen LogP contribution is -2.29. The average molecular weight is 167 g/mol. The molecule has 1 atom stereocenters. The summed E-state index contributed by atoms with van der Waals surface area (Å²) >= 11 is 0. The first-order valence-corrected chi connectivity index (χ1v) is 4.46. The SMILES string of the molecule is O=C1C=CC(CN2CCCC2)O1. The largest absolute Gasteiger partial charge is 0.454 e. The molecule has 0 saturated carbocycles. The van der Waals surface area contributed by atoms with Gasteiger partial charge in [-0.25, -0.2) is 4.79 Å². The summed E-state index contributed by atoms with van der Waals surface area (Å²) < 4.78 is 5.03. The van der Waals surface area contributed by atoms with Crippen molar-refractivity contribution < 1.29 is 9.53 Å². The van der Waals surface area contributed by atoms with Gasteiger partial charge in [-0.05, 0) is 32.0 Å². The Balaban J connectivity index is 1.79. The van der Waals surface area contributed by atoms with Gasteiger partial charge in [0.1, 0.15) is 6.10 Å². The number of ether oxygens (including phenoxy) is 1. The number of nitrogens with zero attached hydrogens (tertiary/aromatic N) is 1. The molecule has 0 aromatic heterocycles. The third-order valence-corrected chi connectivity index (χ3v) is 2.35. The Bertz CT molecular complexity index is 207. The third-order valence-electron chi connectivity index (χ3n) is 2.35. The maximum Gasteiger partial charge on any atom is 0.331 e. The topological polar surface area (TPSA) is 29.5 Å². The van der Waals surface area contributed by atoms with Crippen LogP contribution >= 0.6 is 0 Å². The number of carbonyl (C=O) groups is 1. The number of rotatable bonds is 2. The van der Waals surface area contributed by atoms with Gasteiger partial charge in [-0.3, -0.25) is 4.90 Å². The van der Waals surface area contributed by atoms with Crippen molar-refractivity contribution in [3.8, 4) is 0 Å². The maximum atomic E-state index is 10.7. The van der Waals surface area contributed by atoms with Crippen LogP contribution in [0.5, 0.6) is 0 Å². The molecule has 12 heavy (non-hydrogen) atoms. The molecule has 0 spiro atoms. The van der Waals surface area contributed by atoms with Gasteiger partial charge in [0.15, 0.2) is 0 Å². The molecule has 3 nitrogen and oxygen atoms in total. The van der Waals surface area contributed by atoms with E-state index in [1.165, 1.54) is 18.9 Å². The van der Waals surface area contributed by atoms with Gasteiger partial charge in [0.05, 0.1) is 0 Å². The molecule has 2 rings (SSSR count). The van der Waals surface area contributed by atoms with E-state index in [1.807, 2.05) is 6.08 Å². The van der Waals surface area contributed by atoms with Crippen molar-refractivity contribution in [1.29, 1.82) is 0 Å². The number of hydrogen-bond acceptors (Lipinski definition) is 3. The van der Waals surface area contributed by atoms with E-state index in [0.717, 1.165) is 19.6 Å². The second-order valence-corrected chi connectivity index (χ2v) is 3.34. The highest BCUT2D eigenvalue weighted by molar-refractivity contribution is 5.84. The maximum absolute atomic E-state index is 10.7. The van der Waals surface area contributed by atoms with Crippen molar-refractivity contribution in [1.82, 2.24) is 4.90 Å². The van der Waals surface area contributed by atoms with Gasteiger partial charge in [0.2, 0.25) is 0 Å². The van der Waals surface area contributed by atoms with E-state index in [0.29, 0.717) is 0 Å². The van der Waals surface area contributed by atoms with Crippen molar-refractivity contribution in [3.05, 3.63) is 12.2 Å². The molecule has 0 aromatic carbocycles. The summed E-state index contributed by atoms with van der Waals surface area (Å²) in [6.07, 6.45) is 5.94. The Labute approximate surface area is 72.0 Å². The van der Waals surface area contributed by atoms with E-state index in [-0.39, 0.29) is 12.1 Å². The quantitative estimate of drug-likeness (QED) is 0.563. The smallest absolute Gasteiger partial charge is 0.331 e. The molecule has 2 aliphatic heterocycles. The summed E-state index contributed by atoms with van der Waals surface area (Å²) in [5, 5.41) is 0. The lowest BCUT2D eigenvalue weighted by molar-refractivity contribution is -0.139. The van der Waals surface area contributed by atoms with Crippen molar-refractivity contribution in [2.24, 2.45) is 0 Å². The monoisotopic (exact) mass is 167 g/mol. The molecule has 2 heterocycles. The zero-order chi connectivity index (χ0) is 8.39. The summed E-state index contributed by atoms with van der Waals surface area (Å²) in [5.74, 6) is -0.195. The van der Waals surface area contributed by atoms with Gasteiger partial charge in [0, 0.05) is 12.6 Å². The Kier molecular flexibility index (Phi) is 2.13. The second-order valence-electron chi connectivity index (χ2n) is 3.34. The predicted octanol–water partition coefficient (Wildman–Crippen LogP) is 0.564. The van der Waals surface area contributed by atoms with E-state index >= 15 is 0 Å². The average Bonchev–Trinajstić information content (AvgIpc) is 2.63.